The van der Waals surface area contributed by atoms with E-state index in [0.717, 1.165) is 0 Å². The first-order chi connectivity index (χ1) is 13.4. The van der Waals surface area contributed by atoms with Crippen LogP contribution in [0.4, 0.5) is 17.1 Å². The van der Waals surface area contributed by atoms with Crippen molar-refractivity contribution in [3.63, 3.8) is 0 Å². The molecule has 1 amide bonds. The van der Waals surface area contributed by atoms with Gasteiger partial charge in [0.25, 0.3) is 11.6 Å². The SMILES string of the molecule is O=C(O)CC1CN(C(=O)c2ccc(Nc3ccccc3)c([N+](=O)[O-])c2)CCO1. The maximum Gasteiger partial charge on any atom is 0.306 e. The summed E-state index contributed by atoms with van der Waals surface area (Å²) in [4.78, 5) is 36.0. The normalized spacial score (nSPS) is 16.4. The average molecular weight is 385 g/mol. The zero-order valence-corrected chi connectivity index (χ0v) is 14.9. The van der Waals surface area contributed by atoms with Crippen LogP contribution in [0.2, 0.25) is 0 Å². The van der Waals surface area contributed by atoms with Crippen molar-refractivity contribution in [3.8, 4) is 0 Å². The van der Waals surface area contributed by atoms with Crippen molar-refractivity contribution in [3.05, 3.63) is 64.2 Å². The van der Waals surface area contributed by atoms with Crippen LogP contribution in [-0.2, 0) is 9.53 Å². The van der Waals surface area contributed by atoms with Crippen molar-refractivity contribution in [1.29, 1.82) is 0 Å². The number of carbonyl (C=O) groups is 2. The summed E-state index contributed by atoms with van der Waals surface area (Å²) < 4.78 is 5.36. The van der Waals surface area contributed by atoms with Gasteiger partial charge in [-0.3, -0.25) is 19.7 Å². The third-order valence-corrected chi connectivity index (χ3v) is 4.32. The molecule has 3 rings (SSSR count). The lowest BCUT2D eigenvalue weighted by atomic mass is 10.1. The molecule has 146 valence electrons. The number of rotatable bonds is 6. The Bertz CT molecular complexity index is 886. The van der Waals surface area contributed by atoms with E-state index in [0.29, 0.717) is 12.2 Å². The van der Waals surface area contributed by atoms with Crippen molar-refractivity contribution in [1.82, 2.24) is 4.90 Å². The van der Waals surface area contributed by atoms with Crippen LogP contribution in [-0.4, -0.2) is 52.6 Å². The summed E-state index contributed by atoms with van der Waals surface area (Å²) in [6.45, 7) is 0.648. The highest BCUT2D eigenvalue weighted by atomic mass is 16.6. The highest BCUT2D eigenvalue weighted by Crippen LogP contribution is 2.29. The van der Waals surface area contributed by atoms with Crippen molar-refractivity contribution >= 4 is 28.9 Å². The molecule has 1 aliphatic rings. The third kappa shape index (κ3) is 4.63. The Morgan fingerprint density at radius 1 is 1.25 bits per heavy atom. The standard InChI is InChI=1S/C19H19N3O6/c23-18(24)11-15-12-21(8-9-28-15)19(25)13-6-7-16(17(10-13)22(26)27)20-14-4-2-1-3-5-14/h1-7,10,15,20H,8-9,11-12H2,(H,23,24). The number of carboxylic acid groups (broad SMARTS) is 1. The first-order valence-corrected chi connectivity index (χ1v) is 8.67. The average Bonchev–Trinajstić information content (AvgIpc) is 2.68. The van der Waals surface area contributed by atoms with Crippen LogP contribution in [0.5, 0.6) is 0 Å². The lowest BCUT2D eigenvalue weighted by molar-refractivity contribution is -0.383. The second kappa shape index (κ2) is 8.49. The first-order valence-electron chi connectivity index (χ1n) is 8.67. The van der Waals surface area contributed by atoms with Gasteiger partial charge in [-0.25, -0.2) is 0 Å². The Morgan fingerprint density at radius 3 is 2.68 bits per heavy atom. The van der Waals surface area contributed by atoms with E-state index in [4.69, 9.17) is 9.84 Å². The number of nitrogens with one attached hydrogen (secondary N) is 1. The summed E-state index contributed by atoms with van der Waals surface area (Å²) in [5, 5.41) is 23.4. The molecule has 1 aliphatic heterocycles. The van der Waals surface area contributed by atoms with Crippen LogP contribution in [0.1, 0.15) is 16.8 Å². The molecule has 0 radical (unpaired) electrons. The number of benzene rings is 2. The maximum absolute atomic E-state index is 12.8. The van der Waals surface area contributed by atoms with Crippen LogP contribution >= 0.6 is 0 Å². The first kappa shape index (κ1) is 19.3. The largest absolute Gasteiger partial charge is 0.481 e. The smallest absolute Gasteiger partial charge is 0.306 e. The molecule has 1 atom stereocenters. The molecule has 2 aromatic rings. The molecule has 9 heteroatoms. The number of nitrogens with zero attached hydrogens (tertiary/aromatic N) is 2. The monoisotopic (exact) mass is 385 g/mol. The molecule has 0 aromatic heterocycles. The summed E-state index contributed by atoms with van der Waals surface area (Å²) in [7, 11) is 0. The second-order valence-electron chi connectivity index (χ2n) is 6.32. The topological polar surface area (TPSA) is 122 Å². The van der Waals surface area contributed by atoms with Crippen LogP contribution in [0, 0.1) is 10.1 Å². The predicted octanol–water partition coefficient (Wildman–Crippen LogP) is 2.65. The van der Waals surface area contributed by atoms with Gasteiger partial charge in [-0.2, -0.15) is 0 Å². The van der Waals surface area contributed by atoms with Gasteiger partial charge >= 0.3 is 5.97 Å². The molecule has 0 bridgehead atoms. The Morgan fingerprint density at radius 2 is 2.00 bits per heavy atom. The minimum Gasteiger partial charge on any atom is -0.481 e. The molecule has 1 heterocycles. The Labute approximate surface area is 160 Å². The van der Waals surface area contributed by atoms with Gasteiger partial charge in [0.1, 0.15) is 5.69 Å². The lowest BCUT2D eigenvalue weighted by Crippen LogP contribution is -2.46. The molecule has 28 heavy (non-hydrogen) atoms. The summed E-state index contributed by atoms with van der Waals surface area (Å²) in [6.07, 6.45) is -0.798. The Kier molecular flexibility index (Phi) is 5.85. The highest BCUT2D eigenvalue weighted by molar-refractivity contribution is 5.96. The third-order valence-electron chi connectivity index (χ3n) is 4.32. The van der Waals surface area contributed by atoms with Gasteiger partial charge in [0.15, 0.2) is 0 Å². The highest BCUT2D eigenvalue weighted by Gasteiger charge is 2.28. The minimum atomic E-state index is -1.01. The van der Waals surface area contributed by atoms with E-state index in [9.17, 15) is 19.7 Å². The number of ether oxygens (including phenoxy) is 1. The molecular formula is C19H19N3O6. The van der Waals surface area contributed by atoms with E-state index >= 15 is 0 Å². The molecular weight excluding hydrogens is 366 g/mol. The number of carbonyl (C=O) groups excluding carboxylic acids is 1. The molecule has 2 N–H and O–H groups in total. The number of hydrogen-bond donors (Lipinski definition) is 2. The van der Waals surface area contributed by atoms with E-state index in [1.54, 1.807) is 24.3 Å². The molecule has 1 unspecified atom stereocenters. The molecule has 2 aromatic carbocycles. The van der Waals surface area contributed by atoms with Gasteiger partial charge in [0.2, 0.25) is 0 Å². The fourth-order valence-corrected chi connectivity index (χ4v) is 3.00. The number of nitro benzene ring substituents is 1. The van der Waals surface area contributed by atoms with E-state index in [1.165, 1.54) is 23.1 Å². The summed E-state index contributed by atoms with van der Waals surface area (Å²) >= 11 is 0. The minimum absolute atomic E-state index is 0.128. The second-order valence-corrected chi connectivity index (χ2v) is 6.32. The van der Waals surface area contributed by atoms with Crippen LogP contribution in [0.15, 0.2) is 48.5 Å². The number of amides is 1. The zero-order valence-electron chi connectivity index (χ0n) is 14.9. The lowest BCUT2D eigenvalue weighted by Gasteiger charge is -2.32. The quantitative estimate of drug-likeness (QED) is 0.579. The Hall–Kier alpha value is -3.46. The maximum atomic E-state index is 12.8. The van der Waals surface area contributed by atoms with Crippen LogP contribution < -0.4 is 5.32 Å². The van der Waals surface area contributed by atoms with Crippen molar-refractivity contribution in [2.24, 2.45) is 0 Å². The van der Waals surface area contributed by atoms with Gasteiger partial charge in [0, 0.05) is 30.4 Å². The van der Waals surface area contributed by atoms with E-state index < -0.39 is 22.9 Å². The van der Waals surface area contributed by atoms with Gasteiger partial charge < -0.3 is 20.1 Å². The number of carboxylic acids is 1. The molecule has 0 spiro atoms. The molecule has 9 nitrogen and oxygen atoms in total. The Balaban J connectivity index is 1.80. The number of anilines is 2. The van der Waals surface area contributed by atoms with E-state index in [1.807, 2.05) is 6.07 Å². The van der Waals surface area contributed by atoms with Crippen LogP contribution in [0.25, 0.3) is 0 Å². The van der Waals surface area contributed by atoms with Crippen LogP contribution in [0.3, 0.4) is 0 Å². The van der Waals surface area contributed by atoms with Gasteiger partial charge in [-0.1, -0.05) is 18.2 Å². The van der Waals surface area contributed by atoms with Crippen molar-refractivity contribution in [2.75, 3.05) is 25.0 Å². The number of hydrogen-bond acceptors (Lipinski definition) is 6. The molecule has 1 fully saturated rings. The zero-order chi connectivity index (χ0) is 20.1. The summed E-state index contributed by atoms with van der Waals surface area (Å²) in [5.41, 5.74) is 0.916. The van der Waals surface area contributed by atoms with Gasteiger partial charge in [-0.05, 0) is 24.3 Å². The van der Waals surface area contributed by atoms with Crippen molar-refractivity contribution < 1.29 is 24.4 Å². The fourth-order valence-electron chi connectivity index (χ4n) is 3.00. The van der Waals surface area contributed by atoms with Crippen molar-refractivity contribution in [2.45, 2.75) is 12.5 Å². The van der Waals surface area contributed by atoms with E-state index in [2.05, 4.69) is 5.32 Å². The summed E-state index contributed by atoms with van der Waals surface area (Å²) in [5.74, 6) is -1.40. The molecule has 1 saturated heterocycles. The summed E-state index contributed by atoms with van der Waals surface area (Å²) in [6, 6.07) is 13.2. The number of para-hydroxylation sites is 1. The fraction of sp³-hybridized carbons (Fsp3) is 0.263. The molecule has 0 saturated carbocycles. The number of nitro groups is 1. The van der Waals surface area contributed by atoms with Gasteiger partial charge in [0.05, 0.1) is 24.1 Å². The van der Waals surface area contributed by atoms with E-state index in [-0.39, 0.29) is 36.5 Å². The van der Waals surface area contributed by atoms with Gasteiger partial charge in [-0.15, -0.1) is 0 Å². The predicted molar refractivity (Wildman–Crippen MR) is 101 cm³/mol. The number of aliphatic carboxylic acids is 1. The number of morpholine rings is 1. The molecule has 0 aliphatic carbocycles.